The molecule has 0 bridgehead atoms. The van der Waals surface area contributed by atoms with Crippen molar-refractivity contribution in [3.63, 3.8) is 0 Å². The summed E-state index contributed by atoms with van der Waals surface area (Å²) in [4.78, 5) is 14.2. The topological polar surface area (TPSA) is 29.5 Å². The Hall–Kier alpha value is -2.88. The van der Waals surface area contributed by atoms with Gasteiger partial charge in [0.2, 0.25) is 5.91 Å². The Morgan fingerprint density at radius 2 is 1.81 bits per heavy atom. The summed E-state index contributed by atoms with van der Waals surface area (Å²) in [6, 6.07) is 14.1. The molecule has 0 atom stereocenters. The molecule has 1 fully saturated rings. The minimum absolute atomic E-state index is 0.0191. The number of ether oxygens (including phenoxy) is 1. The lowest BCUT2D eigenvalue weighted by molar-refractivity contribution is -0.126. The van der Waals surface area contributed by atoms with Crippen LogP contribution in [0.1, 0.15) is 24.0 Å². The number of methoxy groups -OCH3 is 1. The first-order valence-corrected chi connectivity index (χ1v) is 8.70. The van der Waals surface area contributed by atoms with Crippen molar-refractivity contribution in [2.24, 2.45) is 0 Å². The second kappa shape index (κ2) is 8.48. The van der Waals surface area contributed by atoms with Crippen LogP contribution in [0, 0.1) is 5.82 Å². The van der Waals surface area contributed by atoms with Gasteiger partial charge in [-0.15, -0.1) is 0 Å². The molecule has 3 nitrogen and oxygen atoms in total. The summed E-state index contributed by atoms with van der Waals surface area (Å²) in [7, 11) is 1.63. The fraction of sp³-hybridized carbons (Fsp3) is 0.227. The maximum absolute atomic E-state index is 13.3. The predicted molar refractivity (Wildman–Crippen MR) is 102 cm³/mol. The highest BCUT2D eigenvalue weighted by Crippen LogP contribution is 2.20. The number of benzene rings is 2. The molecule has 1 amide bonds. The van der Waals surface area contributed by atoms with Gasteiger partial charge in [0.25, 0.3) is 0 Å². The van der Waals surface area contributed by atoms with Crippen LogP contribution in [0.4, 0.5) is 4.39 Å². The molecule has 0 aliphatic carbocycles. The lowest BCUT2D eigenvalue weighted by atomic mass is 10.0. The van der Waals surface area contributed by atoms with Gasteiger partial charge in [0.15, 0.2) is 0 Å². The van der Waals surface area contributed by atoms with Gasteiger partial charge < -0.3 is 9.64 Å². The van der Waals surface area contributed by atoms with E-state index in [2.05, 4.69) is 0 Å². The summed E-state index contributed by atoms with van der Waals surface area (Å²) in [5, 5.41) is 0. The van der Waals surface area contributed by atoms with Gasteiger partial charge in [0, 0.05) is 19.2 Å². The molecule has 0 spiro atoms. The van der Waals surface area contributed by atoms with E-state index in [-0.39, 0.29) is 11.7 Å². The molecular weight excluding hydrogens is 329 g/mol. The maximum atomic E-state index is 13.3. The highest BCUT2D eigenvalue weighted by atomic mass is 19.1. The van der Waals surface area contributed by atoms with Gasteiger partial charge in [-0.3, -0.25) is 4.79 Å². The standard InChI is InChI=1S/C22H22FNO2/c1-26-21-8-5-17(6-9-21)7-10-22(25)24-13-11-18(12-14-24)15-19-3-2-4-20(23)16-19/h2-10,15-16H,11-14H2,1H3/b10-7+. The maximum Gasteiger partial charge on any atom is 0.246 e. The molecule has 1 saturated heterocycles. The van der Waals surface area contributed by atoms with Crippen molar-refractivity contribution < 1.29 is 13.9 Å². The first-order chi connectivity index (χ1) is 12.6. The number of likely N-dealkylation sites (tertiary alicyclic amines) is 1. The van der Waals surface area contributed by atoms with Gasteiger partial charge in [-0.05, 0) is 54.3 Å². The third-order valence-electron chi connectivity index (χ3n) is 4.47. The summed E-state index contributed by atoms with van der Waals surface area (Å²) in [5.41, 5.74) is 3.08. The molecule has 26 heavy (non-hydrogen) atoms. The normalized spacial score (nSPS) is 14.5. The number of hydrogen-bond acceptors (Lipinski definition) is 2. The van der Waals surface area contributed by atoms with Gasteiger partial charge in [-0.2, -0.15) is 0 Å². The van der Waals surface area contributed by atoms with Crippen LogP contribution >= 0.6 is 0 Å². The van der Waals surface area contributed by atoms with Crippen molar-refractivity contribution >= 4 is 18.1 Å². The molecule has 0 saturated carbocycles. The lowest BCUT2D eigenvalue weighted by Gasteiger charge is -2.27. The molecule has 1 aliphatic heterocycles. The first-order valence-electron chi connectivity index (χ1n) is 8.70. The van der Waals surface area contributed by atoms with Gasteiger partial charge in [-0.1, -0.05) is 35.9 Å². The highest BCUT2D eigenvalue weighted by molar-refractivity contribution is 5.92. The number of carbonyl (C=O) groups is 1. The number of piperidine rings is 1. The molecule has 0 radical (unpaired) electrons. The minimum Gasteiger partial charge on any atom is -0.497 e. The van der Waals surface area contributed by atoms with Crippen molar-refractivity contribution in [1.82, 2.24) is 4.90 Å². The van der Waals surface area contributed by atoms with E-state index in [1.807, 2.05) is 47.4 Å². The van der Waals surface area contributed by atoms with Gasteiger partial charge >= 0.3 is 0 Å². The van der Waals surface area contributed by atoms with Crippen molar-refractivity contribution in [3.05, 3.63) is 77.1 Å². The summed E-state index contributed by atoms with van der Waals surface area (Å²) in [6.45, 7) is 1.37. The molecule has 2 aromatic carbocycles. The molecular formula is C22H22FNO2. The molecule has 0 unspecified atom stereocenters. The first kappa shape index (κ1) is 17.9. The van der Waals surface area contributed by atoms with E-state index in [4.69, 9.17) is 4.74 Å². The molecule has 1 heterocycles. The monoisotopic (exact) mass is 351 g/mol. The third kappa shape index (κ3) is 4.82. The quantitative estimate of drug-likeness (QED) is 0.756. The van der Waals surface area contributed by atoms with Crippen molar-refractivity contribution in [3.8, 4) is 5.75 Å². The zero-order valence-corrected chi connectivity index (χ0v) is 14.8. The van der Waals surface area contributed by atoms with Crippen LogP contribution in [0.2, 0.25) is 0 Å². The average molecular weight is 351 g/mol. The highest BCUT2D eigenvalue weighted by Gasteiger charge is 2.17. The Morgan fingerprint density at radius 1 is 1.08 bits per heavy atom. The molecule has 0 N–H and O–H groups in total. The van der Waals surface area contributed by atoms with Crippen LogP contribution in [0.3, 0.4) is 0 Å². The molecule has 2 aromatic rings. The smallest absolute Gasteiger partial charge is 0.246 e. The largest absolute Gasteiger partial charge is 0.497 e. The second-order valence-corrected chi connectivity index (χ2v) is 6.29. The second-order valence-electron chi connectivity index (χ2n) is 6.29. The van der Waals surface area contributed by atoms with E-state index in [9.17, 15) is 9.18 Å². The summed E-state index contributed by atoms with van der Waals surface area (Å²) >= 11 is 0. The average Bonchev–Trinajstić information content (AvgIpc) is 2.67. The Morgan fingerprint density at radius 3 is 2.46 bits per heavy atom. The number of halogens is 1. The van der Waals surface area contributed by atoms with Gasteiger partial charge in [-0.25, -0.2) is 4.39 Å². The van der Waals surface area contributed by atoms with Crippen LogP contribution in [0.15, 0.2) is 60.2 Å². The molecule has 134 valence electrons. The van der Waals surface area contributed by atoms with E-state index in [1.54, 1.807) is 19.3 Å². The van der Waals surface area contributed by atoms with Crippen LogP contribution in [-0.4, -0.2) is 31.0 Å². The molecule has 3 rings (SSSR count). The van der Waals surface area contributed by atoms with Crippen molar-refractivity contribution in [2.75, 3.05) is 20.2 Å². The summed E-state index contributed by atoms with van der Waals surface area (Å²) in [6.07, 6.45) is 7.10. The van der Waals surface area contributed by atoms with E-state index in [0.717, 1.165) is 29.7 Å². The summed E-state index contributed by atoms with van der Waals surface area (Å²) < 4.78 is 18.4. The van der Waals surface area contributed by atoms with E-state index in [0.29, 0.717) is 13.1 Å². The van der Waals surface area contributed by atoms with Crippen molar-refractivity contribution in [1.29, 1.82) is 0 Å². The number of carbonyl (C=O) groups excluding carboxylic acids is 1. The van der Waals surface area contributed by atoms with Crippen molar-refractivity contribution in [2.45, 2.75) is 12.8 Å². The Balaban J connectivity index is 1.55. The van der Waals surface area contributed by atoms with E-state index in [1.165, 1.54) is 17.7 Å². The summed E-state index contributed by atoms with van der Waals surface area (Å²) in [5.74, 6) is 0.586. The zero-order chi connectivity index (χ0) is 18.4. The fourth-order valence-corrected chi connectivity index (χ4v) is 2.98. The number of hydrogen-bond donors (Lipinski definition) is 0. The zero-order valence-electron chi connectivity index (χ0n) is 14.8. The van der Waals surface area contributed by atoms with Crippen LogP contribution in [0.5, 0.6) is 5.75 Å². The van der Waals surface area contributed by atoms with Crippen LogP contribution < -0.4 is 4.74 Å². The number of rotatable bonds is 4. The minimum atomic E-state index is -0.226. The molecule has 0 aromatic heterocycles. The molecule has 4 heteroatoms. The van der Waals surface area contributed by atoms with Gasteiger partial charge in [0.1, 0.15) is 11.6 Å². The van der Waals surface area contributed by atoms with Crippen LogP contribution in [-0.2, 0) is 4.79 Å². The Labute approximate surface area is 153 Å². The fourth-order valence-electron chi connectivity index (χ4n) is 2.98. The third-order valence-corrected chi connectivity index (χ3v) is 4.47. The Kier molecular flexibility index (Phi) is 5.84. The molecule has 1 aliphatic rings. The van der Waals surface area contributed by atoms with Gasteiger partial charge in [0.05, 0.1) is 7.11 Å². The number of amides is 1. The van der Waals surface area contributed by atoms with Crippen LogP contribution in [0.25, 0.3) is 12.2 Å². The number of nitrogens with zero attached hydrogens (tertiary/aromatic N) is 1. The van der Waals surface area contributed by atoms with E-state index >= 15 is 0 Å². The predicted octanol–water partition coefficient (Wildman–Crippen LogP) is 4.55. The van der Waals surface area contributed by atoms with E-state index < -0.39 is 0 Å². The lowest BCUT2D eigenvalue weighted by Crippen LogP contribution is -2.35. The Bertz CT molecular complexity index is 814. The SMILES string of the molecule is COc1ccc(/C=C/C(=O)N2CCC(=Cc3cccc(F)c3)CC2)cc1.